The molecule has 2 rings (SSSR count). The van der Waals surface area contributed by atoms with E-state index in [1.807, 2.05) is 10.8 Å². The van der Waals surface area contributed by atoms with Gasteiger partial charge in [0.05, 0.1) is 6.33 Å². The van der Waals surface area contributed by atoms with Gasteiger partial charge in [-0.2, -0.15) is 0 Å². The standard InChI is InChI=1S/C12H20N4O.2ClH/c1-12(3-5-13-6-4-12)15-11(17)2-8-16-9-7-14-10-16;;/h7,9-10,13H,2-6,8H2,1H3,(H,15,17);2*1H. The number of piperidine rings is 1. The van der Waals surface area contributed by atoms with Crippen molar-refractivity contribution in [1.29, 1.82) is 0 Å². The van der Waals surface area contributed by atoms with Gasteiger partial charge in [0.15, 0.2) is 0 Å². The van der Waals surface area contributed by atoms with Gasteiger partial charge in [0.25, 0.3) is 0 Å². The number of halogens is 2. The number of imidazole rings is 1. The molecule has 0 saturated carbocycles. The molecule has 110 valence electrons. The molecule has 2 N–H and O–H groups in total. The van der Waals surface area contributed by atoms with Crippen molar-refractivity contribution in [3.05, 3.63) is 18.7 Å². The first-order valence-corrected chi connectivity index (χ1v) is 6.15. The molecule has 7 heteroatoms. The number of nitrogens with one attached hydrogen (secondary N) is 2. The highest BCUT2D eigenvalue weighted by Crippen LogP contribution is 2.17. The smallest absolute Gasteiger partial charge is 0.222 e. The molecule has 2 heterocycles. The Morgan fingerprint density at radius 2 is 2.11 bits per heavy atom. The van der Waals surface area contributed by atoms with Crippen molar-refractivity contribution in [2.24, 2.45) is 0 Å². The minimum Gasteiger partial charge on any atom is -0.351 e. The molecule has 0 radical (unpaired) electrons. The van der Waals surface area contributed by atoms with Crippen molar-refractivity contribution in [1.82, 2.24) is 20.2 Å². The van der Waals surface area contributed by atoms with Crippen LogP contribution < -0.4 is 10.6 Å². The Morgan fingerprint density at radius 3 is 2.68 bits per heavy atom. The Kier molecular flexibility index (Phi) is 8.06. The molecule has 19 heavy (non-hydrogen) atoms. The fraction of sp³-hybridized carbons (Fsp3) is 0.667. The topological polar surface area (TPSA) is 59.0 Å². The number of rotatable bonds is 4. The SMILES string of the molecule is CC1(NC(=O)CCn2ccnc2)CCNCC1.Cl.Cl. The molecule has 0 bridgehead atoms. The maximum Gasteiger partial charge on any atom is 0.222 e. The van der Waals surface area contributed by atoms with Gasteiger partial charge in [-0.3, -0.25) is 4.79 Å². The zero-order valence-electron chi connectivity index (χ0n) is 11.1. The van der Waals surface area contributed by atoms with E-state index in [-0.39, 0.29) is 36.3 Å². The molecule has 5 nitrogen and oxygen atoms in total. The quantitative estimate of drug-likeness (QED) is 0.883. The lowest BCUT2D eigenvalue weighted by molar-refractivity contribution is -0.123. The minimum absolute atomic E-state index is 0. The zero-order valence-corrected chi connectivity index (χ0v) is 12.7. The molecule has 0 aliphatic carbocycles. The van der Waals surface area contributed by atoms with Gasteiger partial charge in [0, 0.05) is 30.9 Å². The molecule has 1 aliphatic rings. The monoisotopic (exact) mass is 308 g/mol. The zero-order chi connectivity index (χ0) is 12.1. The second-order valence-corrected chi connectivity index (χ2v) is 4.91. The lowest BCUT2D eigenvalue weighted by Gasteiger charge is -2.35. The molecule has 0 atom stereocenters. The van der Waals surface area contributed by atoms with Crippen LogP contribution in [0.4, 0.5) is 0 Å². The van der Waals surface area contributed by atoms with Crippen LogP contribution in [0.3, 0.4) is 0 Å². The lowest BCUT2D eigenvalue weighted by Crippen LogP contribution is -2.52. The molecule has 0 spiro atoms. The van der Waals surface area contributed by atoms with Crippen LogP contribution in [0, 0.1) is 0 Å². The Morgan fingerprint density at radius 1 is 1.42 bits per heavy atom. The van der Waals surface area contributed by atoms with Crippen LogP contribution in [0.2, 0.25) is 0 Å². The molecular formula is C12H22Cl2N4O. The fourth-order valence-corrected chi connectivity index (χ4v) is 2.15. The van der Waals surface area contributed by atoms with E-state index in [2.05, 4.69) is 22.5 Å². The van der Waals surface area contributed by atoms with Crippen molar-refractivity contribution in [3.8, 4) is 0 Å². The van der Waals surface area contributed by atoms with E-state index in [0.29, 0.717) is 13.0 Å². The van der Waals surface area contributed by atoms with Gasteiger partial charge >= 0.3 is 0 Å². The van der Waals surface area contributed by atoms with E-state index in [4.69, 9.17) is 0 Å². The number of aromatic nitrogens is 2. The summed E-state index contributed by atoms with van der Waals surface area (Å²) in [6.07, 6.45) is 7.86. The molecule has 0 aromatic carbocycles. The van der Waals surface area contributed by atoms with E-state index in [1.54, 1.807) is 12.5 Å². The number of carbonyl (C=O) groups excluding carboxylic acids is 1. The molecule has 1 amide bonds. The Balaban J connectivity index is 0.00000162. The number of nitrogens with zero attached hydrogens (tertiary/aromatic N) is 2. The minimum atomic E-state index is -0.0305. The van der Waals surface area contributed by atoms with Crippen LogP contribution >= 0.6 is 24.8 Å². The second kappa shape index (κ2) is 8.40. The molecule has 1 saturated heterocycles. The predicted molar refractivity (Wildman–Crippen MR) is 80.0 cm³/mol. The Hall–Kier alpha value is -0.780. The van der Waals surface area contributed by atoms with Crippen LogP contribution in [0.1, 0.15) is 26.2 Å². The summed E-state index contributed by atoms with van der Waals surface area (Å²) in [5, 5.41) is 6.45. The third-order valence-electron chi connectivity index (χ3n) is 3.30. The van der Waals surface area contributed by atoms with Gasteiger partial charge < -0.3 is 15.2 Å². The summed E-state index contributed by atoms with van der Waals surface area (Å²) in [5.41, 5.74) is -0.0305. The maximum atomic E-state index is 11.8. The van der Waals surface area contributed by atoms with Gasteiger partial charge in [-0.05, 0) is 32.9 Å². The highest BCUT2D eigenvalue weighted by Gasteiger charge is 2.27. The van der Waals surface area contributed by atoms with Crippen LogP contribution in [-0.2, 0) is 11.3 Å². The maximum absolute atomic E-state index is 11.8. The van der Waals surface area contributed by atoms with Gasteiger partial charge in [-0.1, -0.05) is 0 Å². The van der Waals surface area contributed by atoms with Crippen LogP contribution in [0.5, 0.6) is 0 Å². The summed E-state index contributed by atoms with van der Waals surface area (Å²) < 4.78 is 1.92. The van der Waals surface area contributed by atoms with Gasteiger partial charge in [0.2, 0.25) is 5.91 Å². The molecule has 1 aromatic rings. The van der Waals surface area contributed by atoms with Crippen molar-refractivity contribution >= 4 is 30.7 Å². The molecular weight excluding hydrogens is 287 g/mol. The summed E-state index contributed by atoms with van der Waals surface area (Å²) >= 11 is 0. The van der Waals surface area contributed by atoms with E-state index in [1.165, 1.54) is 0 Å². The van der Waals surface area contributed by atoms with Gasteiger partial charge in [0.1, 0.15) is 0 Å². The summed E-state index contributed by atoms with van der Waals surface area (Å²) in [6.45, 7) is 4.79. The van der Waals surface area contributed by atoms with Gasteiger partial charge in [-0.25, -0.2) is 4.98 Å². The van der Waals surface area contributed by atoms with E-state index < -0.39 is 0 Å². The normalized spacial score (nSPS) is 16.9. The number of aryl methyl sites for hydroxylation is 1. The first kappa shape index (κ1) is 18.2. The number of amides is 1. The molecule has 1 aromatic heterocycles. The van der Waals surface area contributed by atoms with Crippen molar-refractivity contribution in [3.63, 3.8) is 0 Å². The largest absolute Gasteiger partial charge is 0.351 e. The number of hydrogen-bond donors (Lipinski definition) is 2. The predicted octanol–water partition coefficient (Wildman–Crippen LogP) is 1.38. The Labute approximate surface area is 126 Å². The molecule has 1 fully saturated rings. The second-order valence-electron chi connectivity index (χ2n) is 4.91. The average Bonchev–Trinajstić information content (AvgIpc) is 2.79. The van der Waals surface area contributed by atoms with E-state index in [0.717, 1.165) is 25.9 Å². The van der Waals surface area contributed by atoms with Crippen LogP contribution in [0.25, 0.3) is 0 Å². The average molecular weight is 309 g/mol. The third kappa shape index (κ3) is 5.80. The fourth-order valence-electron chi connectivity index (χ4n) is 2.15. The lowest BCUT2D eigenvalue weighted by atomic mass is 9.90. The Bertz CT molecular complexity index is 364. The molecule has 1 aliphatic heterocycles. The van der Waals surface area contributed by atoms with Crippen molar-refractivity contribution in [2.75, 3.05) is 13.1 Å². The summed E-state index contributed by atoms with van der Waals surface area (Å²) in [7, 11) is 0. The third-order valence-corrected chi connectivity index (χ3v) is 3.30. The summed E-state index contributed by atoms with van der Waals surface area (Å²) in [4.78, 5) is 15.8. The first-order chi connectivity index (χ1) is 8.18. The highest BCUT2D eigenvalue weighted by molar-refractivity contribution is 5.85. The van der Waals surface area contributed by atoms with E-state index in [9.17, 15) is 4.79 Å². The van der Waals surface area contributed by atoms with Crippen LogP contribution in [-0.4, -0.2) is 34.1 Å². The van der Waals surface area contributed by atoms with E-state index >= 15 is 0 Å². The summed E-state index contributed by atoms with van der Waals surface area (Å²) in [6, 6.07) is 0. The van der Waals surface area contributed by atoms with Crippen molar-refractivity contribution < 1.29 is 4.79 Å². The highest BCUT2D eigenvalue weighted by atomic mass is 35.5. The summed E-state index contributed by atoms with van der Waals surface area (Å²) in [5.74, 6) is 0.128. The van der Waals surface area contributed by atoms with Crippen molar-refractivity contribution in [2.45, 2.75) is 38.3 Å². The number of hydrogen-bond acceptors (Lipinski definition) is 3. The number of carbonyl (C=O) groups is 1. The molecule has 0 unspecified atom stereocenters. The first-order valence-electron chi connectivity index (χ1n) is 6.15. The van der Waals surface area contributed by atoms with Gasteiger partial charge in [-0.15, -0.1) is 24.8 Å². The van der Waals surface area contributed by atoms with Crippen LogP contribution in [0.15, 0.2) is 18.7 Å².